The van der Waals surface area contributed by atoms with Gasteiger partial charge in [-0.3, -0.25) is 9.59 Å². The van der Waals surface area contributed by atoms with E-state index in [-0.39, 0.29) is 17.5 Å². The first-order valence-electron chi connectivity index (χ1n) is 9.73. The third-order valence-corrected chi connectivity index (χ3v) is 7.22. The van der Waals surface area contributed by atoms with Gasteiger partial charge in [-0.2, -0.15) is 5.10 Å². The van der Waals surface area contributed by atoms with E-state index >= 15 is 0 Å². The van der Waals surface area contributed by atoms with Crippen LogP contribution in [-0.4, -0.2) is 27.1 Å². The molecule has 0 N–H and O–H groups in total. The highest BCUT2D eigenvalue weighted by Gasteiger charge is 2.34. The lowest BCUT2D eigenvalue weighted by atomic mass is 9.98. The van der Waals surface area contributed by atoms with E-state index in [0.717, 1.165) is 16.9 Å². The summed E-state index contributed by atoms with van der Waals surface area (Å²) < 4.78 is 1.36. The molecule has 0 aliphatic carbocycles. The van der Waals surface area contributed by atoms with E-state index in [0.29, 0.717) is 18.8 Å². The zero-order valence-electron chi connectivity index (χ0n) is 16.1. The highest BCUT2D eigenvalue weighted by atomic mass is 32.1. The highest BCUT2D eigenvalue weighted by Crippen LogP contribution is 2.39. The summed E-state index contributed by atoms with van der Waals surface area (Å²) in [6, 6.07) is 18.7. The molecule has 1 aromatic carbocycles. The van der Waals surface area contributed by atoms with Gasteiger partial charge in [0.05, 0.1) is 12.6 Å². The maximum atomic E-state index is 13.5. The Hall–Kier alpha value is -3.03. The lowest BCUT2D eigenvalue weighted by Crippen LogP contribution is -2.41. The number of carbonyl (C=O) groups excluding carboxylic acids is 1. The van der Waals surface area contributed by atoms with Crippen molar-refractivity contribution in [2.24, 2.45) is 0 Å². The van der Waals surface area contributed by atoms with Crippen LogP contribution in [0, 0.1) is 0 Å². The fraction of sp³-hybridized carbons (Fsp3) is 0.174. The van der Waals surface area contributed by atoms with Crippen molar-refractivity contribution in [3.05, 3.63) is 108 Å². The Labute approximate surface area is 181 Å². The minimum atomic E-state index is -0.219. The summed E-state index contributed by atoms with van der Waals surface area (Å²) in [7, 11) is 0. The molecule has 3 aromatic heterocycles. The SMILES string of the molecule is O=C(c1ccc(=O)n(Cc2ccccc2)n1)N1CCc2sccc2[C@@H]1c1cccs1. The predicted molar refractivity (Wildman–Crippen MR) is 119 cm³/mol. The molecule has 5 rings (SSSR count). The Bertz CT molecular complexity index is 1230. The lowest BCUT2D eigenvalue weighted by molar-refractivity contribution is 0.0690. The molecule has 0 unspecified atom stereocenters. The maximum absolute atomic E-state index is 13.5. The Kier molecular flexibility index (Phi) is 5.06. The number of hydrogen-bond donors (Lipinski definition) is 0. The normalized spacial score (nSPS) is 15.7. The number of carbonyl (C=O) groups is 1. The monoisotopic (exact) mass is 433 g/mol. The summed E-state index contributed by atoms with van der Waals surface area (Å²) in [5.74, 6) is -0.146. The number of hydrogen-bond acceptors (Lipinski definition) is 5. The van der Waals surface area contributed by atoms with Crippen LogP contribution in [0.25, 0.3) is 0 Å². The number of rotatable bonds is 4. The zero-order valence-corrected chi connectivity index (χ0v) is 17.7. The molecule has 5 nitrogen and oxygen atoms in total. The quantitative estimate of drug-likeness (QED) is 0.485. The van der Waals surface area contributed by atoms with Crippen molar-refractivity contribution >= 4 is 28.6 Å². The van der Waals surface area contributed by atoms with Gasteiger partial charge in [-0.05, 0) is 46.5 Å². The summed E-state index contributed by atoms with van der Waals surface area (Å²) in [5.41, 5.74) is 2.24. The third kappa shape index (κ3) is 3.51. The van der Waals surface area contributed by atoms with Crippen LogP contribution in [0.4, 0.5) is 0 Å². The van der Waals surface area contributed by atoms with Gasteiger partial charge in [0, 0.05) is 22.4 Å². The lowest BCUT2D eigenvalue weighted by Gasteiger charge is -2.35. The molecule has 0 bridgehead atoms. The Morgan fingerprint density at radius 2 is 1.87 bits per heavy atom. The van der Waals surface area contributed by atoms with Crippen molar-refractivity contribution in [1.29, 1.82) is 0 Å². The van der Waals surface area contributed by atoms with Gasteiger partial charge in [-0.1, -0.05) is 36.4 Å². The van der Waals surface area contributed by atoms with Gasteiger partial charge < -0.3 is 4.90 Å². The van der Waals surface area contributed by atoms with Gasteiger partial charge in [0.1, 0.15) is 5.69 Å². The smallest absolute Gasteiger partial charge is 0.275 e. The largest absolute Gasteiger partial charge is 0.325 e. The van der Waals surface area contributed by atoms with Gasteiger partial charge in [0.25, 0.3) is 11.5 Å². The van der Waals surface area contributed by atoms with Gasteiger partial charge in [0.15, 0.2) is 0 Å². The number of amides is 1. The van der Waals surface area contributed by atoms with E-state index in [2.05, 4.69) is 22.6 Å². The van der Waals surface area contributed by atoms with Crippen molar-refractivity contribution in [1.82, 2.24) is 14.7 Å². The first kappa shape index (κ1) is 19.0. The summed E-state index contributed by atoms with van der Waals surface area (Å²) in [6.07, 6.45) is 0.838. The number of nitrogens with zero attached hydrogens (tertiary/aromatic N) is 3. The molecule has 0 radical (unpaired) electrons. The third-order valence-electron chi connectivity index (χ3n) is 5.30. The molecule has 4 aromatic rings. The summed E-state index contributed by atoms with van der Waals surface area (Å²) in [6.45, 7) is 0.970. The van der Waals surface area contributed by atoms with Crippen molar-refractivity contribution < 1.29 is 4.79 Å². The summed E-state index contributed by atoms with van der Waals surface area (Å²) in [5, 5.41) is 8.55. The molecule has 0 spiro atoms. The molecular formula is C23H19N3O2S2. The first-order chi connectivity index (χ1) is 14.7. The second-order valence-corrected chi connectivity index (χ2v) is 9.15. The molecule has 1 aliphatic rings. The fourth-order valence-electron chi connectivity index (χ4n) is 3.87. The first-order valence-corrected chi connectivity index (χ1v) is 11.5. The van der Waals surface area contributed by atoms with E-state index in [1.165, 1.54) is 21.2 Å². The highest BCUT2D eigenvalue weighted by molar-refractivity contribution is 7.10. The number of aromatic nitrogens is 2. The predicted octanol–water partition coefficient (Wildman–Crippen LogP) is 4.20. The van der Waals surface area contributed by atoms with Crippen LogP contribution in [0.3, 0.4) is 0 Å². The molecule has 1 atom stereocenters. The molecule has 0 saturated carbocycles. The summed E-state index contributed by atoms with van der Waals surface area (Å²) >= 11 is 3.40. The van der Waals surface area contributed by atoms with Gasteiger partial charge in [-0.15, -0.1) is 22.7 Å². The second-order valence-electron chi connectivity index (χ2n) is 7.17. The van der Waals surface area contributed by atoms with Crippen LogP contribution in [-0.2, 0) is 13.0 Å². The minimum absolute atomic E-state index is 0.108. The fourth-order valence-corrected chi connectivity index (χ4v) is 5.63. The molecule has 150 valence electrons. The Morgan fingerprint density at radius 3 is 2.67 bits per heavy atom. The van der Waals surface area contributed by atoms with E-state index in [1.807, 2.05) is 46.7 Å². The molecule has 0 fully saturated rings. The zero-order chi connectivity index (χ0) is 20.5. The van der Waals surface area contributed by atoms with Crippen molar-refractivity contribution in [2.45, 2.75) is 19.0 Å². The molecule has 7 heteroatoms. The molecule has 0 saturated heterocycles. The Morgan fingerprint density at radius 1 is 1.00 bits per heavy atom. The van der Waals surface area contributed by atoms with Gasteiger partial charge >= 0.3 is 0 Å². The van der Waals surface area contributed by atoms with Crippen LogP contribution >= 0.6 is 22.7 Å². The standard InChI is InChI=1S/C23H19N3O2S2/c27-21-9-8-18(24-26(21)15-16-5-2-1-3-6-16)23(28)25-12-10-19-17(11-14-30-19)22(25)20-7-4-13-29-20/h1-9,11,13-14,22H,10,12,15H2/t22-/m1/s1. The molecule has 4 heterocycles. The van der Waals surface area contributed by atoms with E-state index in [1.54, 1.807) is 28.7 Å². The van der Waals surface area contributed by atoms with E-state index in [4.69, 9.17) is 0 Å². The topological polar surface area (TPSA) is 55.2 Å². The number of thiophene rings is 2. The maximum Gasteiger partial charge on any atom is 0.275 e. The number of benzene rings is 1. The Balaban J connectivity index is 1.49. The number of fused-ring (bicyclic) bond motifs is 1. The molecule has 1 amide bonds. The van der Waals surface area contributed by atoms with Crippen molar-refractivity contribution in [3.63, 3.8) is 0 Å². The average molecular weight is 434 g/mol. The van der Waals surface area contributed by atoms with Crippen LogP contribution in [0.2, 0.25) is 0 Å². The van der Waals surface area contributed by atoms with E-state index in [9.17, 15) is 9.59 Å². The summed E-state index contributed by atoms with van der Waals surface area (Å²) in [4.78, 5) is 30.2. The second kappa shape index (κ2) is 8.01. The molecular weight excluding hydrogens is 414 g/mol. The van der Waals surface area contributed by atoms with Crippen LogP contribution in [0.1, 0.15) is 37.4 Å². The van der Waals surface area contributed by atoms with Crippen LogP contribution < -0.4 is 5.56 Å². The van der Waals surface area contributed by atoms with E-state index < -0.39 is 0 Å². The van der Waals surface area contributed by atoms with Gasteiger partial charge in [0.2, 0.25) is 0 Å². The molecule has 30 heavy (non-hydrogen) atoms. The minimum Gasteiger partial charge on any atom is -0.325 e. The average Bonchev–Trinajstić information content (AvgIpc) is 3.47. The van der Waals surface area contributed by atoms with Crippen molar-refractivity contribution in [2.75, 3.05) is 6.54 Å². The molecule has 1 aliphatic heterocycles. The van der Waals surface area contributed by atoms with Crippen LogP contribution in [0.5, 0.6) is 0 Å². The van der Waals surface area contributed by atoms with Crippen molar-refractivity contribution in [3.8, 4) is 0 Å². The van der Waals surface area contributed by atoms with Crippen LogP contribution in [0.15, 0.2) is 76.2 Å². The van der Waals surface area contributed by atoms with Gasteiger partial charge in [-0.25, -0.2) is 4.68 Å².